The zero-order chi connectivity index (χ0) is 15.9. The molecule has 1 fully saturated rings. The number of carbonyl (C=O) groups is 1. The average molecular weight is 326 g/mol. The zero-order valence-corrected chi connectivity index (χ0v) is 14.0. The summed E-state index contributed by atoms with van der Waals surface area (Å²) in [5, 5.41) is 3.77. The third-order valence-corrected chi connectivity index (χ3v) is 4.29. The molecule has 0 aliphatic carbocycles. The van der Waals surface area contributed by atoms with Crippen LogP contribution < -0.4 is 5.32 Å². The van der Waals surface area contributed by atoms with Crippen LogP contribution in [0, 0.1) is 0 Å². The van der Waals surface area contributed by atoms with E-state index in [0.717, 1.165) is 38.2 Å². The van der Waals surface area contributed by atoms with E-state index < -0.39 is 0 Å². The number of nitrogens with zero attached hydrogens (tertiary/aromatic N) is 2. The van der Waals surface area contributed by atoms with Gasteiger partial charge in [0, 0.05) is 51.4 Å². The number of hydrogen-bond acceptors (Lipinski definition) is 3. The molecule has 1 heterocycles. The molecule has 1 saturated heterocycles. The number of rotatable bonds is 6. The van der Waals surface area contributed by atoms with Crippen molar-refractivity contribution < 1.29 is 9.53 Å². The van der Waals surface area contributed by atoms with Crippen LogP contribution in [0.15, 0.2) is 24.3 Å². The summed E-state index contributed by atoms with van der Waals surface area (Å²) in [5.41, 5.74) is 0.954. The molecule has 5 nitrogen and oxygen atoms in total. The third-order valence-electron chi connectivity index (χ3n) is 3.92. The van der Waals surface area contributed by atoms with Gasteiger partial charge in [-0.05, 0) is 18.1 Å². The Balaban J connectivity index is 1.79. The van der Waals surface area contributed by atoms with E-state index in [0.29, 0.717) is 11.6 Å². The summed E-state index contributed by atoms with van der Waals surface area (Å²) < 4.78 is 5.09. The Hall–Kier alpha value is -1.30. The summed E-state index contributed by atoms with van der Waals surface area (Å²) in [6, 6.07) is 7.74. The van der Waals surface area contributed by atoms with Crippen LogP contribution in [0.2, 0.25) is 5.02 Å². The van der Waals surface area contributed by atoms with Crippen LogP contribution in [0.3, 0.4) is 0 Å². The van der Waals surface area contributed by atoms with Crippen molar-refractivity contribution in [1.82, 2.24) is 15.1 Å². The second-order valence-corrected chi connectivity index (χ2v) is 6.08. The van der Waals surface area contributed by atoms with E-state index in [1.807, 2.05) is 24.3 Å². The van der Waals surface area contributed by atoms with Crippen molar-refractivity contribution in [3.05, 3.63) is 34.9 Å². The lowest BCUT2D eigenvalue weighted by Crippen LogP contribution is -2.44. The second-order valence-electron chi connectivity index (χ2n) is 5.68. The van der Waals surface area contributed by atoms with E-state index in [1.54, 1.807) is 19.1 Å². The maximum Gasteiger partial charge on any atom is 0.317 e. The lowest BCUT2D eigenvalue weighted by atomic mass is 10.2. The van der Waals surface area contributed by atoms with Crippen molar-refractivity contribution >= 4 is 17.6 Å². The summed E-state index contributed by atoms with van der Waals surface area (Å²) in [6.45, 7) is 4.04. The van der Waals surface area contributed by atoms with Crippen molar-refractivity contribution in [2.24, 2.45) is 0 Å². The van der Waals surface area contributed by atoms with Gasteiger partial charge in [0.05, 0.1) is 6.61 Å². The van der Waals surface area contributed by atoms with Gasteiger partial charge in [-0.2, -0.15) is 0 Å². The topological polar surface area (TPSA) is 44.8 Å². The Bertz CT molecular complexity index is 498. The second kappa shape index (κ2) is 8.36. The van der Waals surface area contributed by atoms with Gasteiger partial charge in [0.1, 0.15) is 0 Å². The highest BCUT2D eigenvalue weighted by molar-refractivity contribution is 6.31. The number of likely N-dealkylation sites (tertiary alicyclic amines) is 1. The van der Waals surface area contributed by atoms with E-state index in [4.69, 9.17) is 16.3 Å². The first-order valence-electron chi connectivity index (χ1n) is 7.56. The molecule has 1 aliphatic heterocycles. The van der Waals surface area contributed by atoms with E-state index in [-0.39, 0.29) is 12.1 Å². The Morgan fingerprint density at radius 1 is 1.50 bits per heavy atom. The quantitative estimate of drug-likeness (QED) is 0.872. The van der Waals surface area contributed by atoms with Gasteiger partial charge >= 0.3 is 6.03 Å². The predicted octanol–water partition coefficient (Wildman–Crippen LogP) is 2.20. The van der Waals surface area contributed by atoms with Gasteiger partial charge in [0.25, 0.3) is 0 Å². The Morgan fingerprint density at radius 2 is 2.27 bits per heavy atom. The molecule has 1 atom stereocenters. The van der Waals surface area contributed by atoms with Gasteiger partial charge in [-0.1, -0.05) is 29.8 Å². The van der Waals surface area contributed by atoms with Gasteiger partial charge < -0.3 is 15.0 Å². The summed E-state index contributed by atoms with van der Waals surface area (Å²) in [5.74, 6) is 0. The van der Waals surface area contributed by atoms with Crippen LogP contribution in [-0.2, 0) is 11.3 Å². The number of amides is 2. The van der Waals surface area contributed by atoms with Crippen LogP contribution in [-0.4, -0.2) is 62.3 Å². The van der Waals surface area contributed by atoms with Crippen molar-refractivity contribution in [1.29, 1.82) is 0 Å². The molecule has 0 radical (unpaired) electrons. The standard InChI is InChI=1S/C16H24ClN3O2/c1-19(11-13-5-3-4-6-15(13)17)16(21)18-14-7-8-20(12-14)9-10-22-2/h3-6,14H,7-12H2,1-2H3,(H,18,21). The van der Waals surface area contributed by atoms with Crippen molar-refractivity contribution in [3.8, 4) is 0 Å². The summed E-state index contributed by atoms with van der Waals surface area (Å²) >= 11 is 6.13. The predicted molar refractivity (Wildman–Crippen MR) is 88.2 cm³/mol. The minimum atomic E-state index is -0.0569. The zero-order valence-electron chi connectivity index (χ0n) is 13.2. The monoisotopic (exact) mass is 325 g/mol. The molecule has 0 spiro atoms. The highest BCUT2D eigenvalue weighted by atomic mass is 35.5. The summed E-state index contributed by atoms with van der Waals surface area (Å²) in [4.78, 5) is 16.2. The molecule has 0 bridgehead atoms. The minimum Gasteiger partial charge on any atom is -0.383 e. The summed E-state index contributed by atoms with van der Waals surface area (Å²) in [6.07, 6.45) is 0.982. The summed E-state index contributed by atoms with van der Waals surface area (Å²) in [7, 11) is 3.50. The molecular weight excluding hydrogens is 302 g/mol. The van der Waals surface area contributed by atoms with E-state index in [1.165, 1.54) is 0 Å². The number of carbonyl (C=O) groups excluding carboxylic acids is 1. The van der Waals surface area contributed by atoms with Gasteiger partial charge in [-0.15, -0.1) is 0 Å². The molecule has 1 aromatic rings. The van der Waals surface area contributed by atoms with Gasteiger partial charge in [-0.25, -0.2) is 4.79 Å². The van der Waals surface area contributed by atoms with Gasteiger partial charge in [0.15, 0.2) is 0 Å². The Labute approximate surface area is 137 Å². The Kier molecular flexibility index (Phi) is 6.49. The molecule has 122 valence electrons. The number of ether oxygens (including phenoxy) is 1. The fraction of sp³-hybridized carbons (Fsp3) is 0.562. The van der Waals surface area contributed by atoms with Crippen molar-refractivity contribution in [3.63, 3.8) is 0 Å². The van der Waals surface area contributed by atoms with E-state index in [9.17, 15) is 4.79 Å². The number of urea groups is 1. The minimum absolute atomic E-state index is 0.0569. The molecular formula is C16H24ClN3O2. The number of methoxy groups -OCH3 is 1. The number of benzene rings is 1. The molecule has 1 aromatic carbocycles. The fourth-order valence-corrected chi connectivity index (χ4v) is 2.81. The maximum atomic E-state index is 12.3. The molecule has 1 unspecified atom stereocenters. The number of halogens is 1. The highest BCUT2D eigenvalue weighted by Crippen LogP contribution is 2.16. The van der Waals surface area contributed by atoms with Crippen molar-refractivity contribution in [2.75, 3.05) is 40.4 Å². The van der Waals surface area contributed by atoms with Crippen LogP contribution in [0.5, 0.6) is 0 Å². The number of hydrogen-bond donors (Lipinski definition) is 1. The van der Waals surface area contributed by atoms with E-state index >= 15 is 0 Å². The molecule has 6 heteroatoms. The molecule has 2 rings (SSSR count). The fourth-order valence-electron chi connectivity index (χ4n) is 2.61. The van der Waals surface area contributed by atoms with Crippen LogP contribution in [0.1, 0.15) is 12.0 Å². The van der Waals surface area contributed by atoms with Gasteiger partial charge in [0.2, 0.25) is 0 Å². The van der Waals surface area contributed by atoms with E-state index in [2.05, 4.69) is 10.2 Å². The molecule has 1 N–H and O–H groups in total. The highest BCUT2D eigenvalue weighted by Gasteiger charge is 2.24. The first-order valence-corrected chi connectivity index (χ1v) is 7.94. The molecule has 0 saturated carbocycles. The number of nitrogens with one attached hydrogen (secondary N) is 1. The molecule has 0 aromatic heterocycles. The lowest BCUT2D eigenvalue weighted by Gasteiger charge is -2.22. The third kappa shape index (κ3) is 4.87. The Morgan fingerprint density at radius 3 is 3.00 bits per heavy atom. The van der Waals surface area contributed by atoms with Gasteiger partial charge in [-0.3, -0.25) is 4.90 Å². The first kappa shape index (κ1) is 17.1. The lowest BCUT2D eigenvalue weighted by molar-refractivity contribution is 0.159. The maximum absolute atomic E-state index is 12.3. The SMILES string of the molecule is COCCN1CCC(NC(=O)N(C)Cc2ccccc2Cl)C1. The van der Waals surface area contributed by atoms with Crippen LogP contribution in [0.4, 0.5) is 4.79 Å². The van der Waals surface area contributed by atoms with Crippen LogP contribution >= 0.6 is 11.6 Å². The van der Waals surface area contributed by atoms with Crippen LogP contribution in [0.25, 0.3) is 0 Å². The average Bonchev–Trinajstić information content (AvgIpc) is 2.94. The molecule has 2 amide bonds. The normalized spacial score (nSPS) is 18.4. The first-order chi connectivity index (χ1) is 10.6. The molecule has 1 aliphatic rings. The largest absolute Gasteiger partial charge is 0.383 e. The smallest absolute Gasteiger partial charge is 0.317 e. The van der Waals surface area contributed by atoms with Crippen molar-refractivity contribution in [2.45, 2.75) is 19.0 Å². The molecule has 22 heavy (non-hydrogen) atoms.